The molecule has 0 fully saturated rings. The molecule has 0 unspecified atom stereocenters. The zero-order valence-electron chi connectivity index (χ0n) is 11.7. The molecule has 0 aliphatic heterocycles. The minimum Gasteiger partial charge on any atom is -0.506 e. The van der Waals surface area contributed by atoms with Crippen LogP contribution in [0.5, 0.6) is 5.75 Å². The number of nitrogens with one attached hydrogen (secondary N) is 2. The summed E-state index contributed by atoms with van der Waals surface area (Å²) in [5.41, 5.74) is 4.49. The van der Waals surface area contributed by atoms with Crippen LogP contribution >= 0.6 is 15.9 Å². The van der Waals surface area contributed by atoms with Crippen LogP contribution in [0, 0.1) is 0 Å². The Kier molecular flexibility index (Phi) is 4.03. The number of carbonyl (C=O) groups excluding carboxylic acids is 1. The van der Waals surface area contributed by atoms with E-state index in [4.69, 9.17) is 4.42 Å². The molecule has 1 amide bonds. The number of aromatic hydroxyl groups is 1. The van der Waals surface area contributed by atoms with Gasteiger partial charge in [0.2, 0.25) is 0 Å². The van der Waals surface area contributed by atoms with Gasteiger partial charge in [-0.05, 0) is 36.4 Å². The van der Waals surface area contributed by atoms with E-state index in [9.17, 15) is 14.7 Å². The van der Waals surface area contributed by atoms with Crippen LogP contribution in [-0.2, 0) is 0 Å². The van der Waals surface area contributed by atoms with Crippen LogP contribution in [-0.4, -0.2) is 11.0 Å². The second-order valence-electron chi connectivity index (χ2n) is 4.70. The molecule has 23 heavy (non-hydrogen) atoms. The fraction of sp³-hybridized carbons (Fsp3) is 0. The van der Waals surface area contributed by atoms with Crippen LogP contribution in [0.15, 0.2) is 62.2 Å². The second-order valence-corrected chi connectivity index (χ2v) is 5.61. The molecular formula is C16H11BrN2O4. The molecular weight excluding hydrogens is 364 g/mol. The largest absolute Gasteiger partial charge is 0.506 e. The van der Waals surface area contributed by atoms with Gasteiger partial charge in [-0.1, -0.05) is 28.1 Å². The number of amides is 1. The molecule has 7 heteroatoms. The van der Waals surface area contributed by atoms with Crippen molar-refractivity contribution in [3.05, 3.63) is 69.0 Å². The van der Waals surface area contributed by atoms with E-state index in [-0.39, 0.29) is 5.58 Å². The summed E-state index contributed by atoms with van der Waals surface area (Å²) in [4.78, 5) is 24.1. The molecule has 2 aromatic carbocycles. The molecule has 6 nitrogen and oxygen atoms in total. The van der Waals surface area contributed by atoms with E-state index < -0.39 is 22.8 Å². The molecule has 1 heterocycles. The van der Waals surface area contributed by atoms with Gasteiger partial charge in [-0.3, -0.25) is 15.6 Å². The molecule has 0 aliphatic carbocycles. The van der Waals surface area contributed by atoms with Gasteiger partial charge in [0.25, 0.3) is 5.91 Å². The highest BCUT2D eigenvalue weighted by Crippen LogP contribution is 2.25. The molecule has 0 bridgehead atoms. The van der Waals surface area contributed by atoms with Crippen LogP contribution in [0.3, 0.4) is 0 Å². The number of carbonyl (C=O) groups is 1. The van der Waals surface area contributed by atoms with E-state index >= 15 is 0 Å². The van der Waals surface area contributed by atoms with Gasteiger partial charge < -0.3 is 9.52 Å². The Morgan fingerprint density at radius 2 is 1.78 bits per heavy atom. The average Bonchev–Trinajstić information content (AvgIpc) is 2.54. The van der Waals surface area contributed by atoms with Crippen LogP contribution in [0.4, 0.5) is 5.69 Å². The highest BCUT2D eigenvalue weighted by atomic mass is 79.9. The zero-order chi connectivity index (χ0) is 16.4. The minimum absolute atomic E-state index is 0.215. The number of hydrogen-bond donors (Lipinski definition) is 3. The maximum Gasteiger partial charge on any atom is 0.353 e. The summed E-state index contributed by atoms with van der Waals surface area (Å²) in [7, 11) is 0. The predicted molar refractivity (Wildman–Crippen MR) is 89.4 cm³/mol. The van der Waals surface area contributed by atoms with Gasteiger partial charge in [0.1, 0.15) is 11.3 Å². The summed E-state index contributed by atoms with van der Waals surface area (Å²) in [6, 6.07) is 13.5. The average molecular weight is 375 g/mol. The van der Waals surface area contributed by atoms with Crippen molar-refractivity contribution in [1.29, 1.82) is 0 Å². The Morgan fingerprint density at radius 3 is 2.52 bits per heavy atom. The third kappa shape index (κ3) is 3.04. The first-order valence-corrected chi connectivity index (χ1v) is 7.42. The highest BCUT2D eigenvalue weighted by molar-refractivity contribution is 9.10. The Hall–Kier alpha value is -2.80. The first-order valence-electron chi connectivity index (χ1n) is 6.63. The minimum atomic E-state index is -0.906. The first kappa shape index (κ1) is 15.1. The van der Waals surface area contributed by atoms with E-state index in [1.165, 1.54) is 6.07 Å². The summed E-state index contributed by atoms with van der Waals surface area (Å²) in [5, 5.41) is 10.5. The van der Waals surface area contributed by atoms with E-state index in [1.54, 1.807) is 42.5 Å². The third-order valence-corrected chi connectivity index (χ3v) is 3.71. The Morgan fingerprint density at radius 1 is 1.09 bits per heavy atom. The van der Waals surface area contributed by atoms with Crippen molar-refractivity contribution in [3.63, 3.8) is 0 Å². The number of benzene rings is 2. The number of para-hydroxylation sites is 1. The van der Waals surface area contributed by atoms with Gasteiger partial charge >= 0.3 is 5.63 Å². The van der Waals surface area contributed by atoms with E-state index in [0.29, 0.717) is 11.1 Å². The number of hydrazine groups is 1. The quantitative estimate of drug-likeness (QED) is 0.484. The third-order valence-electron chi connectivity index (χ3n) is 3.18. The molecule has 1 aromatic heterocycles. The lowest BCUT2D eigenvalue weighted by atomic mass is 10.1. The van der Waals surface area contributed by atoms with Gasteiger partial charge in [0.05, 0.1) is 11.1 Å². The number of halogens is 1. The molecule has 0 saturated carbocycles. The maximum atomic E-state index is 12.2. The summed E-state index contributed by atoms with van der Waals surface area (Å²) < 4.78 is 5.94. The number of rotatable bonds is 3. The van der Waals surface area contributed by atoms with Crippen molar-refractivity contribution in [1.82, 2.24) is 5.43 Å². The molecule has 0 spiro atoms. The molecule has 3 aromatic rings. The van der Waals surface area contributed by atoms with Crippen LogP contribution in [0.25, 0.3) is 11.0 Å². The van der Waals surface area contributed by atoms with Crippen LogP contribution < -0.4 is 16.5 Å². The monoisotopic (exact) mass is 374 g/mol. The lowest BCUT2D eigenvalue weighted by Crippen LogP contribution is -2.32. The molecule has 3 rings (SSSR count). The van der Waals surface area contributed by atoms with Crippen molar-refractivity contribution in [2.45, 2.75) is 0 Å². The number of hydrogen-bond acceptors (Lipinski definition) is 5. The highest BCUT2D eigenvalue weighted by Gasteiger charge is 2.20. The molecule has 0 atom stereocenters. The van der Waals surface area contributed by atoms with Crippen molar-refractivity contribution in [3.8, 4) is 5.75 Å². The normalized spacial score (nSPS) is 10.5. The van der Waals surface area contributed by atoms with Crippen molar-refractivity contribution < 1.29 is 14.3 Å². The van der Waals surface area contributed by atoms with Crippen molar-refractivity contribution >= 4 is 38.5 Å². The fourth-order valence-corrected chi connectivity index (χ4v) is 2.32. The summed E-state index contributed by atoms with van der Waals surface area (Å²) in [6.45, 7) is 0. The van der Waals surface area contributed by atoms with Crippen LogP contribution in [0.2, 0.25) is 0 Å². The summed E-state index contributed by atoms with van der Waals surface area (Å²) in [6.07, 6.45) is 0. The standard InChI is InChI=1S/C16H11BrN2O4/c17-9-5-7-10(8-6-9)18-19-15(21)13-14(20)11-3-1-2-4-12(11)23-16(13)22/h1-8,18,20H,(H,19,21). The second kappa shape index (κ2) is 6.13. The van der Waals surface area contributed by atoms with Crippen molar-refractivity contribution in [2.24, 2.45) is 0 Å². The summed E-state index contributed by atoms with van der Waals surface area (Å²) >= 11 is 3.30. The number of fused-ring (bicyclic) bond motifs is 1. The van der Waals surface area contributed by atoms with E-state index in [1.807, 2.05) is 0 Å². The topological polar surface area (TPSA) is 91.6 Å². The van der Waals surface area contributed by atoms with Crippen LogP contribution in [0.1, 0.15) is 10.4 Å². The number of anilines is 1. The Balaban J connectivity index is 1.89. The SMILES string of the molecule is O=C(NNc1ccc(Br)cc1)c1c(O)c2ccccc2oc1=O. The van der Waals surface area contributed by atoms with E-state index in [2.05, 4.69) is 26.8 Å². The Labute approximate surface area is 138 Å². The molecule has 3 N–H and O–H groups in total. The lowest BCUT2D eigenvalue weighted by Gasteiger charge is -2.09. The van der Waals surface area contributed by atoms with Gasteiger partial charge in [0.15, 0.2) is 5.56 Å². The molecule has 0 radical (unpaired) electrons. The maximum absolute atomic E-state index is 12.2. The Bertz CT molecular complexity index is 935. The van der Waals surface area contributed by atoms with Gasteiger partial charge in [-0.15, -0.1) is 0 Å². The zero-order valence-corrected chi connectivity index (χ0v) is 13.3. The predicted octanol–water partition coefficient (Wildman–Crippen LogP) is 3.02. The fourth-order valence-electron chi connectivity index (χ4n) is 2.06. The molecule has 0 saturated heterocycles. The first-order chi connectivity index (χ1) is 11.1. The smallest absolute Gasteiger partial charge is 0.353 e. The van der Waals surface area contributed by atoms with Gasteiger partial charge in [-0.25, -0.2) is 4.79 Å². The molecule has 0 aliphatic rings. The van der Waals surface area contributed by atoms with Crippen molar-refractivity contribution in [2.75, 3.05) is 5.43 Å². The van der Waals surface area contributed by atoms with E-state index in [0.717, 1.165) is 4.47 Å². The van der Waals surface area contributed by atoms with Gasteiger partial charge in [0, 0.05) is 4.47 Å². The molecule has 116 valence electrons. The van der Waals surface area contributed by atoms with Gasteiger partial charge in [-0.2, -0.15) is 0 Å². The lowest BCUT2D eigenvalue weighted by molar-refractivity contribution is 0.0956. The summed E-state index contributed by atoms with van der Waals surface area (Å²) in [5.74, 6) is -1.20.